The number of hydrogen-bond acceptors (Lipinski definition) is 10. The van der Waals surface area contributed by atoms with Gasteiger partial charge in [-0.3, -0.25) is 9.69 Å². The Morgan fingerprint density at radius 3 is 3.03 bits per heavy atom. The van der Waals surface area contributed by atoms with Crippen LogP contribution in [0.25, 0.3) is 5.82 Å². The van der Waals surface area contributed by atoms with Crippen molar-refractivity contribution >= 4 is 45.2 Å². The molecule has 30 heavy (non-hydrogen) atoms. The zero-order chi connectivity index (χ0) is 21.1. The number of amides is 1. The number of carbonyl (C=O) groups excluding carboxylic acids is 1. The molecule has 1 fully saturated rings. The molecule has 158 valence electrons. The molecule has 0 aromatic carbocycles. The molecule has 0 aliphatic carbocycles. The Balaban J connectivity index is 1.60. The highest BCUT2D eigenvalue weighted by molar-refractivity contribution is 9.11. The molecule has 4 heterocycles. The van der Waals surface area contributed by atoms with Crippen LogP contribution in [0.3, 0.4) is 0 Å². The van der Waals surface area contributed by atoms with Crippen LogP contribution < -0.4 is 11.2 Å². The number of hydrogen-bond donors (Lipinski definition) is 2. The summed E-state index contributed by atoms with van der Waals surface area (Å²) in [6, 6.07) is 4.18. The number of aromatic nitrogens is 5. The van der Waals surface area contributed by atoms with Crippen LogP contribution in [0, 0.1) is 0 Å². The maximum Gasteiger partial charge on any atom is 0.293 e. The fraction of sp³-hybridized carbons (Fsp3) is 0.412. The van der Waals surface area contributed by atoms with E-state index in [1.807, 2.05) is 12.1 Å². The van der Waals surface area contributed by atoms with E-state index in [-0.39, 0.29) is 17.3 Å². The number of nitrogens with one attached hydrogen (secondary N) is 1. The molecule has 3 aromatic rings. The second-order valence-corrected chi connectivity index (χ2v) is 9.42. The van der Waals surface area contributed by atoms with E-state index in [4.69, 9.17) is 10.4 Å². The summed E-state index contributed by atoms with van der Waals surface area (Å²) in [5.41, 5.74) is 9.06. The number of nitrogen functional groups attached to an aromatic ring is 1. The third-order valence-electron chi connectivity index (χ3n) is 4.92. The van der Waals surface area contributed by atoms with Crippen molar-refractivity contribution in [2.75, 3.05) is 12.3 Å². The van der Waals surface area contributed by atoms with Gasteiger partial charge < -0.3 is 5.73 Å². The van der Waals surface area contributed by atoms with Crippen LogP contribution in [0.5, 0.6) is 0 Å². The standard InChI is InChI=1S/C17H20BrN9O2S/c1-10-4-2-3-7-26(10)9-12-14(21-25-27(12)16-15(19)23-29-24-16)17(28)22-20-8-11-5-6-13(18)30-11/h5-6,8,10H,2-4,7,9H2,1H3,(H2,19,23)(H,22,28)/b20-8-. The molecule has 4 rings (SSSR count). The molecule has 1 unspecified atom stereocenters. The van der Waals surface area contributed by atoms with Gasteiger partial charge in [-0.05, 0) is 64.7 Å². The number of hydrazone groups is 1. The average molecular weight is 494 g/mol. The van der Waals surface area contributed by atoms with Gasteiger partial charge in [-0.25, -0.2) is 10.1 Å². The van der Waals surface area contributed by atoms with Gasteiger partial charge in [0.15, 0.2) is 5.69 Å². The lowest BCUT2D eigenvalue weighted by atomic mass is 10.0. The summed E-state index contributed by atoms with van der Waals surface area (Å²) in [5.74, 6) is -0.197. The van der Waals surface area contributed by atoms with Crippen LogP contribution in [0.15, 0.2) is 25.6 Å². The number of anilines is 1. The molecule has 1 atom stereocenters. The molecular weight excluding hydrogens is 474 g/mol. The van der Waals surface area contributed by atoms with E-state index < -0.39 is 5.91 Å². The van der Waals surface area contributed by atoms with Crippen LogP contribution in [-0.4, -0.2) is 54.9 Å². The van der Waals surface area contributed by atoms with Crippen LogP contribution in [-0.2, 0) is 6.54 Å². The van der Waals surface area contributed by atoms with Crippen molar-refractivity contribution in [2.24, 2.45) is 5.10 Å². The first-order valence-corrected chi connectivity index (χ1v) is 11.0. The minimum atomic E-state index is -0.470. The van der Waals surface area contributed by atoms with Crippen molar-refractivity contribution in [3.8, 4) is 5.82 Å². The molecule has 3 N–H and O–H groups in total. The van der Waals surface area contributed by atoms with Gasteiger partial charge in [-0.15, -0.1) is 16.4 Å². The van der Waals surface area contributed by atoms with E-state index >= 15 is 0 Å². The van der Waals surface area contributed by atoms with Crippen molar-refractivity contribution in [1.82, 2.24) is 35.6 Å². The second kappa shape index (κ2) is 9.02. The molecule has 0 saturated carbocycles. The lowest BCUT2D eigenvalue weighted by Crippen LogP contribution is -2.38. The van der Waals surface area contributed by atoms with Crippen molar-refractivity contribution in [2.45, 2.75) is 38.8 Å². The number of nitrogens with zero attached hydrogens (tertiary/aromatic N) is 7. The minimum Gasteiger partial charge on any atom is -0.378 e. The van der Waals surface area contributed by atoms with E-state index in [9.17, 15) is 4.79 Å². The van der Waals surface area contributed by atoms with Crippen molar-refractivity contribution in [1.29, 1.82) is 0 Å². The normalized spacial score (nSPS) is 17.6. The smallest absolute Gasteiger partial charge is 0.293 e. The number of piperidine rings is 1. The first kappa shape index (κ1) is 20.6. The largest absolute Gasteiger partial charge is 0.378 e. The Bertz CT molecular complexity index is 1060. The van der Waals surface area contributed by atoms with Crippen molar-refractivity contribution < 1.29 is 9.42 Å². The number of rotatable bonds is 6. The summed E-state index contributed by atoms with van der Waals surface area (Å²) < 4.78 is 7.08. The van der Waals surface area contributed by atoms with Gasteiger partial charge in [0.2, 0.25) is 11.6 Å². The molecule has 11 nitrogen and oxygen atoms in total. The summed E-state index contributed by atoms with van der Waals surface area (Å²) in [7, 11) is 0. The quantitative estimate of drug-likeness (QED) is 0.393. The lowest BCUT2D eigenvalue weighted by Gasteiger charge is -2.33. The minimum absolute atomic E-state index is 0.0705. The predicted molar refractivity (Wildman–Crippen MR) is 114 cm³/mol. The van der Waals surface area contributed by atoms with E-state index in [0.29, 0.717) is 18.3 Å². The monoisotopic (exact) mass is 493 g/mol. The average Bonchev–Trinajstić information content (AvgIpc) is 3.44. The summed E-state index contributed by atoms with van der Waals surface area (Å²) >= 11 is 4.90. The van der Waals surface area contributed by atoms with Gasteiger partial charge in [0.1, 0.15) is 0 Å². The first-order valence-electron chi connectivity index (χ1n) is 9.38. The number of carbonyl (C=O) groups is 1. The fourth-order valence-corrected chi connectivity index (χ4v) is 4.61. The zero-order valence-corrected chi connectivity index (χ0v) is 18.6. The Labute approximate surface area is 184 Å². The van der Waals surface area contributed by atoms with Gasteiger partial charge >= 0.3 is 0 Å². The number of likely N-dealkylation sites (tertiary alicyclic amines) is 1. The van der Waals surface area contributed by atoms with Gasteiger partial charge in [-0.1, -0.05) is 11.6 Å². The number of nitrogens with two attached hydrogens (primary N) is 1. The van der Waals surface area contributed by atoms with Crippen LogP contribution in [0.1, 0.15) is 47.2 Å². The van der Waals surface area contributed by atoms with E-state index in [1.54, 1.807) is 6.21 Å². The maximum atomic E-state index is 12.8. The molecule has 1 amide bonds. The predicted octanol–water partition coefficient (Wildman–Crippen LogP) is 2.19. The Morgan fingerprint density at radius 2 is 2.33 bits per heavy atom. The highest BCUT2D eigenvalue weighted by Gasteiger charge is 2.27. The summed E-state index contributed by atoms with van der Waals surface area (Å²) in [6.45, 7) is 3.55. The summed E-state index contributed by atoms with van der Waals surface area (Å²) in [5, 5.41) is 19.6. The third-order valence-corrected chi connectivity index (χ3v) is 6.48. The molecule has 13 heteroatoms. The van der Waals surface area contributed by atoms with Crippen molar-refractivity contribution in [3.05, 3.63) is 32.2 Å². The second-order valence-electron chi connectivity index (χ2n) is 6.93. The molecular formula is C17H20BrN9O2S. The molecule has 0 spiro atoms. The first-order chi connectivity index (χ1) is 14.5. The van der Waals surface area contributed by atoms with Gasteiger partial charge in [0.25, 0.3) is 5.91 Å². The lowest BCUT2D eigenvalue weighted by molar-refractivity contribution is 0.0945. The summed E-state index contributed by atoms with van der Waals surface area (Å²) in [4.78, 5) is 16.0. The SMILES string of the molecule is CC1CCCCN1Cc1c(C(=O)N/N=C\c2ccc(Br)s2)nnn1-c1nonc1N. The maximum absolute atomic E-state index is 12.8. The molecule has 1 saturated heterocycles. The summed E-state index contributed by atoms with van der Waals surface area (Å²) in [6.07, 6.45) is 4.96. The van der Waals surface area contributed by atoms with Gasteiger partial charge in [0, 0.05) is 17.5 Å². The molecule has 0 radical (unpaired) electrons. The Kier molecular flexibility index (Phi) is 6.20. The molecule has 1 aliphatic heterocycles. The van der Waals surface area contributed by atoms with Crippen LogP contribution in [0.4, 0.5) is 5.82 Å². The Morgan fingerprint density at radius 1 is 1.47 bits per heavy atom. The number of thiophene rings is 1. The molecule has 1 aliphatic rings. The van der Waals surface area contributed by atoms with Crippen LogP contribution >= 0.6 is 27.3 Å². The van der Waals surface area contributed by atoms with E-state index in [2.05, 4.69) is 58.9 Å². The van der Waals surface area contributed by atoms with Crippen LogP contribution in [0.2, 0.25) is 0 Å². The van der Waals surface area contributed by atoms with E-state index in [1.165, 1.54) is 22.4 Å². The third kappa shape index (κ3) is 4.42. The van der Waals surface area contributed by atoms with Crippen molar-refractivity contribution in [3.63, 3.8) is 0 Å². The van der Waals surface area contributed by atoms with E-state index in [0.717, 1.165) is 28.0 Å². The topological polar surface area (TPSA) is 140 Å². The fourth-order valence-electron chi connectivity index (χ4n) is 3.32. The molecule has 0 bridgehead atoms. The molecule has 3 aromatic heterocycles. The van der Waals surface area contributed by atoms with Gasteiger partial charge in [0.05, 0.1) is 15.7 Å². The highest BCUT2D eigenvalue weighted by Crippen LogP contribution is 2.23. The highest BCUT2D eigenvalue weighted by atomic mass is 79.9. The number of halogens is 1. The van der Waals surface area contributed by atoms with Gasteiger partial charge in [-0.2, -0.15) is 9.78 Å². The zero-order valence-electron chi connectivity index (χ0n) is 16.2. The Hall–Kier alpha value is -2.64.